The molecule has 0 radical (unpaired) electrons. The van der Waals surface area contributed by atoms with Gasteiger partial charge in [-0.15, -0.1) is 0 Å². The zero-order chi connectivity index (χ0) is 18.0. The Labute approximate surface area is 146 Å². The highest BCUT2D eigenvalue weighted by Crippen LogP contribution is 2.27. The topological polar surface area (TPSA) is 46.9 Å². The Morgan fingerprint density at radius 3 is 2.60 bits per heavy atom. The van der Waals surface area contributed by atoms with Crippen LogP contribution in [0.4, 0.5) is 8.78 Å². The number of hydrogen-bond acceptors (Lipinski definition) is 4. The fourth-order valence-corrected chi connectivity index (χ4v) is 3.35. The van der Waals surface area contributed by atoms with Crippen LogP contribution in [0.25, 0.3) is 0 Å². The molecule has 2 aliphatic heterocycles. The van der Waals surface area contributed by atoms with E-state index >= 15 is 0 Å². The van der Waals surface area contributed by atoms with Crippen LogP contribution in [0.1, 0.15) is 25.3 Å². The molecule has 2 N–H and O–H groups in total. The van der Waals surface area contributed by atoms with Crippen molar-refractivity contribution in [1.82, 2.24) is 9.80 Å². The van der Waals surface area contributed by atoms with Crippen molar-refractivity contribution in [2.45, 2.75) is 38.1 Å². The van der Waals surface area contributed by atoms with Crippen LogP contribution in [0, 0.1) is 11.6 Å². The Morgan fingerprint density at radius 2 is 1.96 bits per heavy atom. The van der Waals surface area contributed by atoms with Crippen molar-refractivity contribution in [3.63, 3.8) is 0 Å². The maximum Gasteiger partial charge on any atom is 0.146 e. The quantitative estimate of drug-likeness (QED) is 0.875. The number of likely N-dealkylation sites (tertiary alicyclic amines) is 1. The minimum atomic E-state index is -0.887. The van der Waals surface area contributed by atoms with Crippen LogP contribution in [-0.4, -0.2) is 51.5 Å². The van der Waals surface area contributed by atoms with Gasteiger partial charge in [-0.25, -0.2) is 8.78 Å². The van der Waals surface area contributed by atoms with Crippen LogP contribution in [0.5, 0.6) is 0 Å². The summed E-state index contributed by atoms with van der Waals surface area (Å²) >= 11 is 0. The van der Waals surface area contributed by atoms with E-state index in [1.165, 1.54) is 12.1 Å². The Kier molecular flexibility index (Phi) is 5.22. The molecular formula is C19H24F2N2O2. The molecule has 1 aromatic carbocycles. The molecule has 136 valence electrons. The lowest BCUT2D eigenvalue weighted by atomic mass is 9.90. The van der Waals surface area contributed by atoms with Gasteiger partial charge in [0.05, 0.1) is 5.60 Å². The van der Waals surface area contributed by atoms with Crippen LogP contribution in [0.3, 0.4) is 0 Å². The molecule has 0 aliphatic carbocycles. The summed E-state index contributed by atoms with van der Waals surface area (Å²) in [6.07, 6.45) is 5.81. The summed E-state index contributed by atoms with van der Waals surface area (Å²) in [5.41, 5.74) is 0.566. The number of piperidine rings is 1. The summed E-state index contributed by atoms with van der Waals surface area (Å²) in [5.74, 6) is -1.11. The van der Waals surface area contributed by atoms with E-state index in [4.69, 9.17) is 0 Å². The molecule has 6 heteroatoms. The van der Waals surface area contributed by atoms with Crippen molar-refractivity contribution in [1.29, 1.82) is 0 Å². The first-order valence-electron chi connectivity index (χ1n) is 8.54. The van der Waals surface area contributed by atoms with Crippen LogP contribution < -0.4 is 0 Å². The first-order chi connectivity index (χ1) is 11.8. The molecule has 2 heterocycles. The lowest BCUT2D eigenvalue weighted by molar-refractivity contribution is -0.0619. The molecule has 1 unspecified atom stereocenters. The molecule has 0 bridgehead atoms. The third-order valence-electron chi connectivity index (χ3n) is 4.95. The van der Waals surface area contributed by atoms with Gasteiger partial charge in [-0.1, -0.05) is 6.07 Å². The summed E-state index contributed by atoms with van der Waals surface area (Å²) in [4.78, 5) is 3.78. The third-order valence-corrected chi connectivity index (χ3v) is 4.95. The van der Waals surface area contributed by atoms with E-state index in [1.54, 1.807) is 17.2 Å². The number of hydrogen-bond donors (Lipinski definition) is 2. The number of aliphatic hydroxyl groups is 2. The zero-order valence-corrected chi connectivity index (χ0v) is 14.3. The molecule has 1 atom stereocenters. The lowest BCUT2D eigenvalue weighted by Gasteiger charge is -2.42. The number of nitrogens with zero attached hydrogens (tertiary/aromatic N) is 2. The van der Waals surface area contributed by atoms with Crippen molar-refractivity contribution in [3.05, 3.63) is 59.3 Å². The highest BCUT2D eigenvalue weighted by atomic mass is 19.1. The summed E-state index contributed by atoms with van der Waals surface area (Å²) in [5, 5.41) is 20.9. The van der Waals surface area contributed by atoms with Gasteiger partial charge >= 0.3 is 0 Å². The smallest absolute Gasteiger partial charge is 0.146 e. The van der Waals surface area contributed by atoms with Gasteiger partial charge in [0.15, 0.2) is 0 Å². The maximum atomic E-state index is 13.8. The summed E-state index contributed by atoms with van der Waals surface area (Å²) < 4.78 is 26.8. The minimum Gasteiger partial charge on any atom is -0.388 e. The summed E-state index contributed by atoms with van der Waals surface area (Å²) in [6.45, 7) is 3.91. The van der Waals surface area contributed by atoms with Crippen molar-refractivity contribution < 1.29 is 19.0 Å². The van der Waals surface area contributed by atoms with E-state index in [-0.39, 0.29) is 0 Å². The number of aliphatic hydroxyl groups excluding tert-OH is 1. The van der Waals surface area contributed by atoms with Crippen molar-refractivity contribution in [2.24, 2.45) is 0 Å². The van der Waals surface area contributed by atoms with E-state index < -0.39 is 23.5 Å². The van der Waals surface area contributed by atoms with Crippen molar-refractivity contribution in [3.8, 4) is 0 Å². The maximum absolute atomic E-state index is 13.8. The second-order valence-electron chi connectivity index (χ2n) is 7.05. The third kappa shape index (κ3) is 4.45. The molecular weight excluding hydrogens is 326 g/mol. The second-order valence-corrected chi connectivity index (χ2v) is 7.05. The Bertz CT molecular complexity index is 682. The molecule has 2 aliphatic rings. The lowest BCUT2D eigenvalue weighted by Crippen LogP contribution is -2.51. The van der Waals surface area contributed by atoms with Crippen LogP contribution >= 0.6 is 0 Å². The fraction of sp³-hybridized carbons (Fsp3) is 0.474. The number of benzene rings is 1. The SMILES string of the molecule is CC1=CC(O)N(CC2(O)CCN(Cc3ccc(F)cc3F)CC2)C=C1. The van der Waals surface area contributed by atoms with E-state index in [1.807, 2.05) is 13.0 Å². The number of halogens is 2. The van der Waals surface area contributed by atoms with Crippen LogP contribution in [0.15, 0.2) is 42.1 Å². The Hall–Kier alpha value is -1.76. The molecule has 0 amide bonds. The largest absolute Gasteiger partial charge is 0.388 e. The molecule has 1 fully saturated rings. The molecule has 0 aromatic heterocycles. The summed E-state index contributed by atoms with van der Waals surface area (Å²) in [6, 6.07) is 3.63. The first kappa shape index (κ1) is 18.0. The number of β-amino-alcohol motifs (C(OH)–C–C–N with tert-alkyl or cyclic N) is 1. The van der Waals surface area contributed by atoms with Gasteiger partial charge in [0.2, 0.25) is 0 Å². The molecule has 1 saturated heterocycles. The zero-order valence-electron chi connectivity index (χ0n) is 14.3. The molecule has 1 aromatic rings. The average Bonchev–Trinajstić information content (AvgIpc) is 2.55. The van der Waals surface area contributed by atoms with Crippen molar-refractivity contribution >= 4 is 0 Å². The standard InChI is InChI=1S/C19H24F2N2O2/c1-14-4-7-23(18(24)10-14)13-19(25)5-8-22(9-6-19)12-15-2-3-16(20)11-17(15)21/h2-4,7,10-11,18,24-25H,5-6,8-9,12-13H2,1H3. The van der Waals surface area contributed by atoms with E-state index in [0.717, 1.165) is 11.6 Å². The predicted octanol–water partition coefficient (Wildman–Crippen LogP) is 2.39. The van der Waals surface area contributed by atoms with Gasteiger partial charge in [-0.3, -0.25) is 4.90 Å². The molecule has 0 saturated carbocycles. The number of allylic oxidation sites excluding steroid dienone is 2. The molecule has 0 spiro atoms. The highest BCUT2D eigenvalue weighted by Gasteiger charge is 2.35. The average molecular weight is 350 g/mol. The predicted molar refractivity (Wildman–Crippen MR) is 91.4 cm³/mol. The summed E-state index contributed by atoms with van der Waals surface area (Å²) in [7, 11) is 0. The second kappa shape index (κ2) is 7.23. The Morgan fingerprint density at radius 1 is 1.24 bits per heavy atom. The fourth-order valence-electron chi connectivity index (χ4n) is 3.35. The highest BCUT2D eigenvalue weighted by molar-refractivity contribution is 5.22. The van der Waals surface area contributed by atoms with Gasteiger partial charge in [0, 0.05) is 44.0 Å². The first-order valence-corrected chi connectivity index (χ1v) is 8.54. The molecule has 25 heavy (non-hydrogen) atoms. The van der Waals surface area contributed by atoms with E-state index in [0.29, 0.717) is 44.6 Å². The Balaban J connectivity index is 1.55. The van der Waals surface area contributed by atoms with Crippen LogP contribution in [0.2, 0.25) is 0 Å². The molecule has 4 nitrogen and oxygen atoms in total. The molecule has 3 rings (SSSR count). The normalized spacial score (nSPS) is 23.6. The van der Waals surface area contributed by atoms with E-state index in [9.17, 15) is 19.0 Å². The van der Waals surface area contributed by atoms with Gasteiger partial charge in [0.1, 0.15) is 17.9 Å². The van der Waals surface area contributed by atoms with Gasteiger partial charge in [-0.2, -0.15) is 0 Å². The van der Waals surface area contributed by atoms with Gasteiger partial charge in [0.25, 0.3) is 0 Å². The van der Waals surface area contributed by atoms with Crippen LogP contribution in [-0.2, 0) is 6.54 Å². The van der Waals surface area contributed by atoms with Crippen molar-refractivity contribution in [2.75, 3.05) is 19.6 Å². The monoisotopic (exact) mass is 350 g/mol. The minimum absolute atomic E-state index is 0.354. The number of rotatable bonds is 4. The van der Waals surface area contributed by atoms with Gasteiger partial charge < -0.3 is 15.1 Å². The van der Waals surface area contributed by atoms with Gasteiger partial charge in [-0.05, 0) is 43.6 Å². The van der Waals surface area contributed by atoms with E-state index in [2.05, 4.69) is 4.90 Å².